The number of hydrogen-bond donors (Lipinski definition) is 3. The van der Waals surface area contributed by atoms with Gasteiger partial charge in [0, 0.05) is 23.2 Å². The van der Waals surface area contributed by atoms with Crippen molar-refractivity contribution in [1.29, 1.82) is 0 Å². The number of aromatic nitrogens is 4. The van der Waals surface area contributed by atoms with E-state index in [1.165, 1.54) is 7.05 Å². The van der Waals surface area contributed by atoms with E-state index in [1.807, 2.05) is 0 Å². The average Bonchev–Trinajstić information content (AvgIpc) is 2.54. The molecule has 1 aromatic carbocycles. The zero-order valence-corrected chi connectivity index (χ0v) is 13.9. The highest BCUT2D eigenvalue weighted by Gasteiger charge is 2.12. The number of nitrogens with zero attached hydrogens (tertiary/aromatic N) is 2. The van der Waals surface area contributed by atoms with Crippen LogP contribution in [0.1, 0.15) is 11.3 Å². The second kappa shape index (κ2) is 5.93. The molecule has 0 radical (unpaired) electrons. The van der Waals surface area contributed by atoms with Crippen LogP contribution < -0.4 is 16.8 Å². The standard InChI is InChI=1S/C15H11BrN4O4/c1-20-12-11(14(23)19-15(20)24)17-9(13(22)18-12)6-10(21)7-4-2-3-5-8(7)16/h2-6,21H,1H3,(H,18,22)(H,19,23,24). The minimum Gasteiger partial charge on any atom is -0.507 e. The fourth-order valence-corrected chi connectivity index (χ4v) is 2.66. The number of H-pyrrole nitrogens is 2. The molecule has 0 atom stereocenters. The lowest BCUT2D eigenvalue weighted by molar-refractivity contribution is 0.515. The van der Waals surface area contributed by atoms with Crippen LogP contribution in [0.3, 0.4) is 0 Å². The van der Waals surface area contributed by atoms with Gasteiger partial charge in [0.05, 0.1) is 0 Å². The molecular weight excluding hydrogens is 380 g/mol. The third-order valence-electron chi connectivity index (χ3n) is 3.42. The first kappa shape index (κ1) is 15.9. The quantitative estimate of drug-likeness (QED) is 0.566. The van der Waals surface area contributed by atoms with Crippen molar-refractivity contribution in [3.63, 3.8) is 0 Å². The Kier molecular flexibility index (Phi) is 3.94. The van der Waals surface area contributed by atoms with Crippen molar-refractivity contribution in [3.8, 4) is 0 Å². The van der Waals surface area contributed by atoms with E-state index in [9.17, 15) is 19.5 Å². The van der Waals surface area contributed by atoms with Crippen LogP contribution in [0.5, 0.6) is 0 Å². The number of benzene rings is 1. The van der Waals surface area contributed by atoms with Gasteiger partial charge < -0.3 is 10.1 Å². The van der Waals surface area contributed by atoms with E-state index >= 15 is 0 Å². The zero-order chi connectivity index (χ0) is 17.4. The van der Waals surface area contributed by atoms with Crippen molar-refractivity contribution in [2.24, 2.45) is 7.05 Å². The average molecular weight is 391 g/mol. The molecule has 2 heterocycles. The van der Waals surface area contributed by atoms with Gasteiger partial charge >= 0.3 is 5.69 Å². The molecular formula is C15H11BrN4O4. The Labute approximate surface area is 142 Å². The molecule has 3 rings (SSSR count). The summed E-state index contributed by atoms with van der Waals surface area (Å²) in [5.74, 6) is -0.193. The predicted molar refractivity (Wildman–Crippen MR) is 92.9 cm³/mol. The van der Waals surface area contributed by atoms with E-state index in [-0.39, 0.29) is 22.6 Å². The summed E-state index contributed by atoms with van der Waals surface area (Å²) in [6.45, 7) is 0. The van der Waals surface area contributed by atoms with Gasteiger partial charge in [-0.05, 0) is 6.07 Å². The maximum atomic E-state index is 12.1. The van der Waals surface area contributed by atoms with E-state index in [4.69, 9.17) is 0 Å². The van der Waals surface area contributed by atoms with Gasteiger partial charge in [-0.2, -0.15) is 0 Å². The Bertz CT molecular complexity index is 1160. The van der Waals surface area contributed by atoms with Crippen LogP contribution in [0.2, 0.25) is 0 Å². The molecule has 2 aromatic heterocycles. The number of halogens is 1. The number of aliphatic hydroxyl groups is 1. The largest absolute Gasteiger partial charge is 0.507 e. The summed E-state index contributed by atoms with van der Waals surface area (Å²) in [5, 5.41) is 10.2. The Morgan fingerprint density at radius 2 is 1.92 bits per heavy atom. The fraction of sp³-hybridized carbons (Fsp3) is 0.0667. The number of fused-ring (bicyclic) bond motifs is 1. The summed E-state index contributed by atoms with van der Waals surface area (Å²) in [5.41, 5.74) is -1.81. The number of rotatable bonds is 2. The van der Waals surface area contributed by atoms with Crippen LogP contribution in [-0.2, 0) is 7.05 Å². The lowest BCUT2D eigenvalue weighted by atomic mass is 10.1. The van der Waals surface area contributed by atoms with Gasteiger partial charge in [-0.25, -0.2) is 9.78 Å². The van der Waals surface area contributed by atoms with Crippen molar-refractivity contribution < 1.29 is 5.11 Å². The molecule has 0 unspecified atom stereocenters. The third-order valence-corrected chi connectivity index (χ3v) is 4.11. The molecule has 3 aromatic rings. The highest BCUT2D eigenvalue weighted by molar-refractivity contribution is 9.10. The number of aromatic amines is 2. The minimum absolute atomic E-state index is 0.00582. The summed E-state index contributed by atoms with van der Waals surface area (Å²) >= 11 is 3.30. The van der Waals surface area contributed by atoms with E-state index in [0.717, 1.165) is 10.6 Å². The van der Waals surface area contributed by atoms with Crippen molar-refractivity contribution in [2.45, 2.75) is 0 Å². The SMILES string of the molecule is Cn1c(=O)[nH]c(=O)c2nc(C=C(O)c3ccccc3Br)c(=O)[nH]c21. The lowest BCUT2D eigenvalue weighted by Crippen LogP contribution is -2.31. The summed E-state index contributed by atoms with van der Waals surface area (Å²) < 4.78 is 1.71. The summed E-state index contributed by atoms with van der Waals surface area (Å²) in [4.78, 5) is 44.1. The minimum atomic E-state index is -0.723. The van der Waals surface area contributed by atoms with Gasteiger partial charge in [0.1, 0.15) is 17.1 Å². The van der Waals surface area contributed by atoms with Gasteiger partial charge in [-0.15, -0.1) is 0 Å². The normalized spacial score (nSPS) is 11.8. The number of aryl methyl sites for hydroxylation is 1. The maximum absolute atomic E-state index is 12.1. The molecule has 3 N–H and O–H groups in total. The van der Waals surface area contributed by atoms with Crippen LogP contribution >= 0.6 is 15.9 Å². The van der Waals surface area contributed by atoms with Gasteiger partial charge in [0.2, 0.25) is 0 Å². The van der Waals surface area contributed by atoms with Crippen LogP contribution in [0, 0.1) is 0 Å². The number of hydrogen-bond acceptors (Lipinski definition) is 5. The summed E-state index contributed by atoms with van der Waals surface area (Å²) in [6.07, 6.45) is 1.16. The van der Waals surface area contributed by atoms with Crippen molar-refractivity contribution >= 4 is 38.9 Å². The molecule has 0 amide bonds. The molecule has 0 bridgehead atoms. The molecule has 24 heavy (non-hydrogen) atoms. The van der Waals surface area contributed by atoms with Gasteiger partial charge in [0.15, 0.2) is 5.52 Å². The molecule has 8 nitrogen and oxygen atoms in total. The van der Waals surface area contributed by atoms with Crippen LogP contribution in [0.4, 0.5) is 0 Å². The molecule has 0 saturated carbocycles. The van der Waals surface area contributed by atoms with Crippen molar-refractivity contribution in [3.05, 3.63) is 71.2 Å². The van der Waals surface area contributed by atoms with Crippen molar-refractivity contribution in [1.82, 2.24) is 19.5 Å². The number of aliphatic hydroxyl groups excluding tert-OH is 1. The monoisotopic (exact) mass is 390 g/mol. The first-order valence-corrected chi connectivity index (χ1v) is 7.56. The first-order chi connectivity index (χ1) is 11.4. The first-order valence-electron chi connectivity index (χ1n) is 6.77. The van der Waals surface area contributed by atoms with E-state index in [1.54, 1.807) is 24.3 Å². The predicted octanol–water partition coefficient (Wildman–Crippen LogP) is 1.13. The molecule has 9 heteroatoms. The highest BCUT2D eigenvalue weighted by atomic mass is 79.9. The van der Waals surface area contributed by atoms with Crippen LogP contribution in [0.15, 0.2) is 43.1 Å². The zero-order valence-electron chi connectivity index (χ0n) is 12.3. The Hall–Kier alpha value is -2.94. The van der Waals surface area contributed by atoms with Crippen LogP contribution in [0.25, 0.3) is 23.0 Å². The smallest absolute Gasteiger partial charge is 0.329 e. The lowest BCUT2D eigenvalue weighted by Gasteiger charge is -2.05. The molecule has 0 aliphatic rings. The van der Waals surface area contributed by atoms with E-state index < -0.39 is 16.8 Å². The van der Waals surface area contributed by atoms with Crippen LogP contribution in [-0.4, -0.2) is 24.6 Å². The Morgan fingerprint density at radius 1 is 1.21 bits per heavy atom. The Morgan fingerprint density at radius 3 is 2.62 bits per heavy atom. The molecule has 0 saturated heterocycles. The molecule has 0 aliphatic heterocycles. The van der Waals surface area contributed by atoms with Gasteiger partial charge in [-0.1, -0.05) is 34.1 Å². The van der Waals surface area contributed by atoms with Gasteiger partial charge in [0.25, 0.3) is 11.1 Å². The second-order valence-electron chi connectivity index (χ2n) is 4.98. The summed E-state index contributed by atoms with van der Waals surface area (Å²) in [6, 6.07) is 6.89. The Balaban J connectivity index is 2.25. The van der Waals surface area contributed by atoms with E-state index in [0.29, 0.717) is 10.0 Å². The topological polar surface area (TPSA) is 121 Å². The van der Waals surface area contributed by atoms with Crippen molar-refractivity contribution in [2.75, 3.05) is 0 Å². The highest BCUT2D eigenvalue weighted by Crippen LogP contribution is 2.23. The molecule has 122 valence electrons. The number of nitrogens with one attached hydrogen (secondary N) is 2. The third kappa shape index (κ3) is 2.69. The van der Waals surface area contributed by atoms with E-state index in [2.05, 4.69) is 30.9 Å². The molecule has 0 fully saturated rings. The fourth-order valence-electron chi connectivity index (χ4n) is 2.17. The van der Waals surface area contributed by atoms with Gasteiger partial charge in [-0.3, -0.25) is 19.1 Å². The second-order valence-corrected chi connectivity index (χ2v) is 5.83. The summed E-state index contributed by atoms with van der Waals surface area (Å²) in [7, 11) is 1.40. The molecule has 0 spiro atoms. The maximum Gasteiger partial charge on any atom is 0.329 e. The molecule has 0 aliphatic carbocycles.